The summed E-state index contributed by atoms with van der Waals surface area (Å²) in [7, 11) is 0. The van der Waals surface area contributed by atoms with Gasteiger partial charge in [-0.2, -0.15) is 0 Å². The van der Waals surface area contributed by atoms with E-state index >= 15 is 0 Å². The Morgan fingerprint density at radius 1 is 0.875 bits per heavy atom. The highest BCUT2D eigenvalue weighted by Gasteiger charge is 2.37. The largest absolute Gasteiger partial charge is 0.452 e. The summed E-state index contributed by atoms with van der Waals surface area (Å²) in [6.07, 6.45) is 0. The van der Waals surface area contributed by atoms with Crippen LogP contribution in [0.3, 0.4) is 0 Å². The van der Waals surface area contributed by atoms with Crippen molar-refractivity contribution in [3.05, 3.63) is 94.5 Å². The highest BCUT2D eigenvalue weighted by Crippen LogP contribution is 2.31. The first-order valence-corrected chi connectivity index (χ1v) is 9.97. The van der Waals surface area contributed by atoms with Crippen molar-refractivity contribution in [1.29, 1.82) is 0 Å². The van der Waals surface area contributed by atoms with Crippen LogP contribution in [0.4, 0.5) is 11.4 Å². The van der Waals surface area contributed by atoms with E-state index in [1.807, 2.05) is 32.0 Å². The average molecular weight is 428 g/mol. The zero-order valence-corrected chi connectivity index (χ0v) is 17.5. The summed E-state index contributed by atoms with van der Waals surface area (Å²) in [4.78, 5) is 51.4. The molecule has 4 rings (SSSR count). The van der Waals surface area contributed by atoms with Crippen molar-refractivity contribution in [2.24, 2.45) is 0 Å². The molecule has 1 heterocycles. The molecule has 1 aliphatic rings. The molecule has 7 heteroatoms. The van der Waals surface area contributed by atoms with Crippen LogP contribution < -0.4 is 10.2 Å². The Balaban J connectivity index is 1.48. The van der Waals surface area contributed by atoms with Crippen LogP contribution in [0.5, 0.6) is 0 Å². The third-order valence-electron chi connectivity index (χ3n) is 5.11. The number of anilines is 2. The number of hydrogen-bond donors (Lipinski definition) is 1. The van der Waals surface area contributed by atoms with Crippen LogP contribution in [-0.2, 0) is 9.53 Å². The van der Waals surface area contributed by atoms with E-state index in [-0.39, 0.29) is 16.7 Å². The molecule has 0 aliphatic carbocycles. The number of ether oxygens (including phenoxy) is 1. The standard InChI is InChI=1S/C25H20N2O5/c1-15-8-11-21(16(2)12-15)27-23(29)19-10-9-17(13-20(19)24(27)30)25(31)32-14-22(28)26-18-6-4-3-5-7-18/h3-13H,14H2,1-2H3,(H,26,28). The predicted octanol–water partition coefficient (Wildman–Crippen LogP) is 3.90. The maximum atomic E-state index is 13.0. The van der Waals surface area contributed by atoms with Gasteiger partial charge in [-0.05, 0) is 55.8 Å². The van der Waals surface area contributed by atoms with Crippen molar-refractivity contribution >= 4 is 35.1 Å². The maximum absolute atomic E-state index is 13.0. The number of benzene rings is 3. The fourth-order valence-corrected chi connectivity index (χ4v) is 3.58. The fourth-order valence-electron chi connectivity index (χ4n) is 3.58. The Kier molecular flexibility index (Phi) is 5.55. The summed E-state index contributed by atoms with van der Waals surface area (Å²) in [6, 6.07) is 18.4. The van der Waals surface area contributed by atoms with E-state index in [2.05, 4.69) is 5.32 Å². The van der Waals surface area contributed by atoms with Gasteiger partial charge in [-0.1, -0.05) is 35.9 Å². The third kappa shape index (κ3) is 4.00. The molecule has 1 aliphatic heterocycles. The summed E-state index contributed by atoms with van der Waals surface area (Å²) < 4.78 is 5.07. The summed E-state index contributed by atoms with van der Waals surface area (Å²) in [5.74, 6) is -2.20. The van der Waals surface area contributed by atoms with E-state index in [0.717, 1.165) is 16.0 Å². The van der Waals surface area contributed by atoms with Gasteiger partial charge in [-0.25, -0.2) is 9.69 Å². The highest BCUT2D eigenvalue weighted by molar-refractivity contribution is 6.35. The van der Waals surface area contributed by atoms with Crippen molar-refractivity contribution in [2.45, 2.75) is 13.8 Å². The zero-order chi connectivity index (χ0) is 22.8. The molecule has 32 heavy (non-hydrogen) atoms. The lowest BCUT2D eigenvalue weighted by atomic mass is 10.1. The first-order chi connectivity index (χ1) is 15.3. The molecular weight excluding hydrogens is 408 g/mol. The molecule has 0 fully saturated rings. The third-order valence-corrected chi connectivity index (χ3v) is 5.11. The van der Waals surface area contributed by atoms with E-state index in [9.17, 15) is 19.2 Å². The molecule has 3 amide bonds. The van der Waals surface area contributed by atoms with Gasteiger partial charge in [0, 0.05) is 5.69 Å². The fraction of sp³-hybridized carbons (Fsp3) is 0.120. The second kappa shape index (κ2) is 8.47. The van der Waals surface area contributed by atoms with Crippen molar-refractivity contribution in [3.63, 3.8) is 0 Å². The van der Waals surface area contributed by atoms with Crippen LogP contribution in [0.1, 0.15) is 42.2 Å². The zero-order valence-electron chi connectivity index (χ0n) is 17.5. The van der Waals surface area contributed by atoms with E-state index in [1.54, 1.807) is 30.3 Å². The summed E-state index contributed by atoms with van der Waals surface area (Å²) in [5.41, 5.74) is 3.32. The molecule has 1 N–H and O–H groups in total. The van der Waals surface area contributed by atoms with Gasteiger partial charge in [0.2, 0.25) is 0 Å². The monoisotopic (exact) mass is 428 g/mol. The molecule has 0 unspecified atom stereocenters. The molecular formula is C25H20N2O5. The van der Waals surface area contributed by atoms with Crippen LogP contribution in [-0.4, -0.2) is 30.3 Å². The molecule has 0 saturated carbocycles. The van der Waals surface area contributed by atoms with E-state index < -0.39 is 30.3 Å². The van der Waals surface area contributed by atoms with Crippen molar-refractivity contribution in [2.75, 3.05) is 16.8 Å². The van der Waals surface area contributed by atoms with Crippen LogP contribution in [0.15, 0.2) is 66.7 Å². The van der Waals surface area contributed by atoms with Crippen molar-refractivity contribution < 1.29 is 23.9 Å². The topological polar surface area (TPSA) is 92.8 Å². The predicted molar refractivity (Wildman–Crippen MR) is 119 cm³/mol. The Bertz CT molecular complexity index is 1250. The first kappa shape index (κ1) is 21.0. The van der Waals surface area contributed by atoms with Gasteiger partial charge in [0.1, 0.15) is 0 Å². The number of carbonyl (C=O) groups excluding carboxylic acids is 4. The van der Waals surface area contributed by atoms with E-state index in [4.69, 9.17) is 4.74 Å². The SMILES string of the molecule is Cc1ccc(N2C(=O)c3ccc(C(=O)OCC(=O)Nc4ccccc4)cc3C2=O)c(C)c1. The highest BCUT2D eigenvalue weighted by atomic mass is 16.5. The average Bonchev–Trinajstić information content (AvgIpc) is 3.02. The van der Waals surface area contributed by atoms with Crippen LogP contribution in [0.25, 0.3) is 0 Å². The minimum atomic E-state index is -0.763. The number of hydrogen-bond acceptors (Lipinski definition) is 5. The van der Waals surface area contributed by atoms with Crippen LogP contribution in [0, 0.1) is 13.8 Å². The number of amides is 3. The smallest absolute Gasteiger partial charge is 0.338 e. The molecule has 0 aromatic heterocycles. The molecule has 0 radical (unpaired) electrons. The molecule has 0 bridgehead atoms. The van der Waals surface area contributed by atoms with Crippen molar-refractivity contribution in [3.8, 4) is 0 Å². The number of esters is 1. The minimum absolute atomic E-state index is 0.0832. The number of aryl methyl sites for hydroxylation is 2. The summed E-state index contributed by atoms with van der Waals surface area (Å²) >= 11 is 0. The molecule has 0 atom stereocenters. The van der Waals surface area contributed by atoms with Gasteiger partial charge in [0.15, 0.2) is 6.61 Å². The van der Waals surface area contributed by atoms with Crippen LogP contribution >= 0.6 is 0 Å². The second-order valence-corrected chi connectivity index (χ2v) is 7.49. The Hall–Kier alpha value is -4.26. The minimum Gasteiger partial charge on any atom is -0.452 e. The molecule has 0 saturated heterocycles. The van der Waals surface area contributed by atoms with Gasteiger partial charge in [0.05, 0.1) is 22.4 Å². The summed E-state index contributed by atoms with van der Waals surface area (Å²) in [5, 5.41) is 2.61. The number of fused-ring (bicyclic) bond motifs is 1. The normalized spacial score (nSPS) is 12.5. The maximum Gasteiger partial charge on any atom is 0.338 e. The molecule has 160 valence electrons. The molecule has 0 spiro atoms. The molecule has 3 aromatic rings. The lowest BCUT2D eigenvalue weighted by molar-refractivity contribution is -0.119. The quantitative estimate of drug-likeness (QED) is 0.492. The number of nitrogens with one attached hydrogen (secondary N) is 1. The lowest BCUT2D eigenvalue weighted by Gasteiger charge is -2.16. The van der Waals surface area contributed by atoms with E-state index in [1.165, 1.54) is 18.2 Å². The Morgan fingerprint density at radius 3 is 2.31 bits per heavy atom. The Labute approximate surface area is 184 Å². The first-order valence-electron chi connectivity index (χ1n) is 9.97. The summed E-state index contributed by atoms with van der Waals surface area (Å²) in [6.45, 7) is 3.28. The number of rotatable bonds is 5. The van der Waals surface area contributed by atoms with Crippen molar-refractivity contribution in [1.82, 2.24) is 0 Å². The molecule has 7 nitrogen and oxygen atoms in total. The molecule has 3 aromatic carbocycles. The number of para-hydroxylation sites is 1. The van der Waals surface area contributed by atoms with E-state index in [0.29, 0.717) is 11.4 Å². The van der Waals surface area contributed by atoms with Crippen LogP contribution in [0.2, 0.25) is 0 Å². The number of imide groups is 1. The lowest BCUT2D eigenvalue weighted by Crippen LogP contribution is -2.30. The second-order valence-electron chi connectivity index (χ2n) is 7.49. The number of nitrogens with zero attached hydrogens (tertiary/aromatic N) is 1. The van der Waals surface area contributed by atoms with Gasteiger partial charge < -0.3 is 10.1 Å². The van der Waals surface area contributed by atoms with Gasteiger partial charge >= 0.3 is 5.97 Å². The Morgan fingerprint density at radius 2 is 1.59 bits per heavy atom. The van der Waals surface area contributed by atoms with Gasteiger partial charge in [-0.3, -0.25) is 14.4 Å². The van der Waals surface area contributed by atoms with Gasteiger partial charge in [0.25, 0.3) is 17.7 Å². The van der Waals surface area contributed by atoms with Gasteiger partial charge in [-0.15, -0.1) is 0 Å². The number of carbonyl (C=O) groups is 4.